The maximum Gasteiger partial charge on any atom is 0.420 e. The van der Waals surface area contributed by atoms with Crippen molar-refractivity contribution in [3.63, 3.8) is 0 Å². The Hall–Kier alpha value is -2.86. The first-order valence-electron chi connectivity index (χ1n) is 7.28. The number of nitrogens with zero attached hydrogens (tertiary/aromatic N) is 3. The van der Waals surface area contributed by atoms with Crippen LogP contribution in [0.2, 0.25) is 5.02 Å². The van der Waals surface area contributed by atoms with Crippen molar-refractivity contribution < 1.29 is 8.83 Å². The number of hydrogen-bond acceptors (Lipinski definition) is 5. The Labute approximate surface area is 141 Å². The van der Waals surface area contributed by atoms with E-state index in [4.69, 9.17) is 20.4 Å². The number of fused-ring (bicyclic) bond motifs is 1. The zero-order valence-corrected chi connectivity index (χ0v) is 13.4. The van der Waals surface area contributed by atoms with Gasteiger partial charge in [-0.05, 0) is 37.3 Å². The van der Waals surface area contributed by atoms with Gasteiger partial charge in [0.25, 0.3) is 0 Å². The van der Waals surface area contributed by atoms with Gasteiger partial charge in [0.15, 0.2) is 5.58 Å². The summed E-state index contributed by atoms with van der Waals surface area (Å²) in [6.07, 6.45) is 0. The van der Waals surface area contributed by atoms with E-state index in [1.807, 2.05) is 31.2 Å². The van der Waals surface area contributed by atoms with Crippen molar-refractivity contribution in [1.82, 2.24) is 14.8 Å². The molecule has 0 amide bonds. The maximum atomic E-state index is 12.0. The largest absolute Gasteiger partial charge is 0.420 e. The molecule has 0 saturated carbocycles. The van der Waals surface area contributed by atoms with Gasteiger partial charge in [-0.15, -0.1) is 10.2 Å². The van der Waals surface area contributed by atoms with Gasteiger partial charge >= 0.3 is 5.76 Å². The van der Waals surface area contributed by atoms with Crippen molar-refractivity contribution in [3.05, 3.63) is 69.5 Å². The van der Waals surface area contributed by atoms with Crippen LogP contribution in [0, 0.1) is 6.92 Å². The van der Waals surface area contributed by atoms with Gasteiger partial charge in [0.2, 0.25) is 11.8 Å². The molecule has 0 N–H and O–H groups in total. The minimum Gasteiger partial charge on any atom is -0.419 e. The third-order valence-corrected chi connectivity index (χ3v) is 3.92. The number of hydrogen-bond donors (Lipinski definition) is 0. The fourth-order valence-electron chi connectivity index (χ4n) is 2.45. The molecule has 2 heterocycles. The van der Waals surface area contributed by atoms with Crippen molar-refractivity contribution >= 4 is 22.7 Å². The van der Waals surface area contributed by atoms with Crippen LogP contribution in [0.1, 0.15) is 11.5 Å². The molecule has 0 aliphatic carbocycles. The standard InChI is InChI=1S/C17H12ClN3O3/c1-10-2-4-11(5-3-10)16-20-19-15(24-16)9-21-13-8-12(18)6-7-14(13)23-17(21)22/h2-8H,9H2,1H3. The van der Waals surface area contributed by atoms with Gasteiger partial charge in [0.05, 0.1) is 5.52 Å². The van der Waals surface area contributed by atoms with E-state index in [0.29, 0.717) is 27.9 Å². The summed E-state index contributed by atoms with van der Waals surface area (Å²) in [5, 5.41) is 8.56. The van der Waals surface area contributed by atoms with Crippen LogP contribution in [0.15, 0.2) is 56.1 Å². The van der Waals surface area contributed by atoms with Crippen molar-refractivity contribution in [1.29, 1.82) is 0 Å². The van der Waals surface area contributed by atoms with Crippen LogP contribution < -0.4 is 5.76 Å². The van der Waals surface area contributed by atoms with Crippen molar-refractivity contribution in [3.8, 4) is 11.5 Å². The molecule has 0 radical (unpaired) electrons. The first-order valence-corrected chi connectivity index (χ1v) is 7.66. The highest BCUT2D eigenvalue weighted by Crippen LogP contribution is 2.21. The fourth-order valence-corrected chi connectivity index (χ4v) is 2.62. The quantitative estimate of drug-likeness (QED) is 0.568. The lowest BCUT2D eigenvalue weighted by atomic mass is 10.1. The minimum absolute atomic E-state index is 0.116. The Balaban J connectivity index is 1.69. The molecule has 2 aromatic carbocycles. The molecule has 0 saturated heterocycles. The third-order valence-electron chi connectivity index (χ3n) is 3.69. The molecule has 0 unspecified atom stereocenters. The number of aryl methyl sites for hydroxylation is 1. The summed E-state index contributed by atoms with van der Waals surface area (Å²) >= 11 is 5.99. The predicted molar refractivity (Wildman–Crippen MR) is 89.1 cm³/mol. The predicted octanol–water partition coefficient (Wildman–Crippen LogP) is 3.65. The molecular weight excluding hydrogens is 330 g/mol. The number of rotatable bonds is 3. The molecule has 0 bridgehead atoms. The second-order valence-corrected chi connectivity index (χ2v) is 5.87. The summed E-state index contributed by atoms with van der Waals surface area (Å²) in [4.78, 5) is 12.0. The topological polar surface area (TPSA) is 74.1 Å². The second-order valence-electron chi connectivity index (χ2n) is 5.43. The highest BCUT2D eigenvalue weighted by molar-refractivity contribution is 6.31. The Bertz CT molecular complexity index is 1080. The van der Waals surface area contributed by atoms with Gasteiger partial charge < -0.3 is 8.83 Å². The lowest BCUT2D eigenvalue weighted by molar-refractivity contribution is 0.461. The summed E-state index contributed by atoms with van der Waals surface area (Å²) in [7, 11) is 0. The van der Waals surface area contributed by atoms with Crippen LogP contribution in [-0.4, -0.2) is 14.8 Å². The van der Waals surface area contributed by atoms with Gasteiger partial charge in [0.1, 0.15) is 6.54 Å². The maximum absolute atomic E-state index is 12.0. The van der Waals surface area contributed by atoms with Crippen LogP contribution in [-0.2, 0) is 6.54 Å². The summed E-state index contributed by atoms with van der Waals surface area (Å²) in [6.45, 7) is 2.12. The van der Waals surface area contributed by atoms with Crippen molar-refractivity contribution in [2.24, 2.45) is 0 Å². The number of halogens is 1. The summed E-state index contributed by atoms with van der Waals surface area (Å²) in [5.74, 6) is 0.224. The molecule has 0 aliphatic heterocycles. The Kier molecular flexibility index (Phi) is 3.46. The minimum atomic E-state index is -0.498. The average molecular weight is 342 g/mol. The molecule has 0 spiro atoms. The summed E-state index contributed by atoms with van der Waals surface area (Å²) in [5.41, 5.74) is 3.02. The summed E-state index contributed by atoms with van der Waals surface area (Å²) < 4.78 is 12.3. The van der Waals surface area contributed by atoms with E-state index >= 15 is 0 Å². The first kappa shape index (κ1) is 14.7. The Morgan fingerprint density at radius 3 is 2.67 bits per heavy atom. The van der Waals surface area contributed by atoms with E-state index < -0.39 is 5.76 Å². The molecule has 4 aromatic rings. The molecule has 0 aliphatic rings. The second kappa shape index (κ2) is 5.65. The first-order chi connectivity index (χ1) is 11.6. The molecule has 4 rings (SSSR count). The van der Waals surface area contributed by atoms with Crippen LogP contribution >= 0.6 is 11.6 Å². The van der Waals surface area contributed by atoms with Gasteiger partial charge in [-0.1, -0.05) is 29.3 Å². The SMILES string of the molecule is Cc1ccc(-c2nnc(Cn3c(=O)oc4ccc(Cl)cc43)o2)cc1. The van der Waals surface area contributed by atoms with Crippen molar-refractivity contribution in [2.75, 3.05) is 0 Å². The number of benzene rings is 2. The fraction of sp³-hybridized carbons (Fsp3) is 0.118. The van der Waals surface area contributed by atoms with E-state index in [2.05, 4.69) is 10.2 Å². The van der Waals surface area contributed by atoms with Gasteiger partial charge in [0, 0.05) is 10.6 Å². The Morgan fingerprint density at radius 2 is 1.88 bits per heavy atom. The van der Waals surface area contributed by atoms with Crippen LogP contribution in [0.3, 0.4) is 0 Å². The van der Waals surface area contributed by atoms with Crippen LogP contribution in [0.5, 0.6) is 0 Å². The average Bonchev–Trinajstić information content (AvgIpc) is 3.14. The molecule has 2 aromatic heterocycles. The molecule has 6 nitrogen and oxygen atoms in total. The number of aromatic nitrogens is 3. The lowest BCUT2D eigenvalue weighted by Gasteiger charge is -1.98. The normalized spacial score (nSPS) is 11.2. The zero-order chi connectivity index (χ0) is 16.7. The van der Waals surface area contributed by atoms with E-state index in [-0.39, 0.29) is 6.54 Å². The van der Waals surface area contributed by atoms with E-state index in [9.17, 15) is 4.79 Å². The van der Waals surface area contributed by atoms with Crippen LogP contribution in [0.4, 0.5) is 0 Å². The molecule has 24 heavy (non-hydrogen) atoms. The van der Waals surface area contributed by atoms with E-state index in [1.165, 1.54) is 4.57 Å². The smallest absolute Gasteiger partial charge is 0.419 e. The zero-order valence-electron chi connectivity index (χ0n) is 12.7. The van der Waals surface area contributed by atoms with Gasteiger partial charge in [-0.3, -0.25) is 4.57 Å². The molecular formula is C17H12ClN3O3. The highest BCUT2D eigenvalue weighted by Gasteiger charge is 2.14. The monoisotopic (exact) mass is 341 g/mol. The molecule has 7 heteroatoms. The van der Waals surface area contributed by atoms with Gasteiger partial charge in [-0.2, -0.15) is 0 Å². The highest BCUT2D eigenvalue weighted by atomic mass is 35.5. The summed E-state index contributed by atoms with van der Waals surface area (Å²) in [6, 6.07) is 12.7. The van der Waals surface area contributed by atoms with E-state index in [0.717, 1.165) is 11.1 Å². The number of oxazole rings is 1. The molecule has 0 fully saturated rings. The molecule has 0 atom stereocenters. The van der Waals surface area contributed by atoms with Crippen molar-refractivity contribution in [2.45, 2.75) is 13.5 Å². The van der Waals surface area contributed by atoms with Gasteiger partial charge in [-0.25, -0.2) is 4.79 Å². The van der Waals surface area contributed by atoms with E-state index in [1.54, 1.807) is 18.2 Å². The lowest BCUT2D eigenvalue weighted by Crippen LogP contribution is -2.15. The Morgan fingerprint density at radius 1 is 1.08 bits per heavy atom. The van der Waals surface area contributed by atoms with Crippen LogP contribution in [0.25, 0.3) is 22.6 Å². The molecule has 120 valence electrons. The third kappa shape index (κ3) is 2.61.